The Hall–Kier alpha value is -2.38. The number of hydrogen-bond donors (Lipinski definition) is 1. The fraction of sp³-hybridized carbons (Fsp3) is 0.263. The summed E-state index contributed by atoms with van der Waals surface area (Å²) in [7, 11) is 0. The molecule has 0 radical (unpaired) electrons. The van der Waals surface area contributed by atoms with Crippen LogP contribution < -0.4 is 5.32 Å². The van der Waals surface area contributed by atoms with E-state index in [1.165, 1.54) is 17.3 Å². The van der Waals surface area contributed by atoms with Gasteiger partial charge >= 0.3 is 0 Å². The third kappa shape index (κ3) is 4.48. The molecule has 1 heterocycles. The van der Waals surface area contributed by atoms with Crippen LogP contribution in [-0.2, 0) is 4.79 Å². The smallest absolute Gasteiger partial charge is 0.237 e. The summed E-state index contributed by atoms with van der Waals surface area (Å²) in [5, 5.41) is 15.5. The van der Waals surface area contributed by atoms with Crippen LogP contribution in [-0.4, -0.2) is 31.4 Å². The Balaban J connectivity index is 1.76. The van der Waals surface area contributed by atoms with Gasteiger partial charge in [0.2, 0.25) is 11.1 Å². The standard InChI is InChI=1S/C19H20ClN5OS/c1-11-8-12(2)17(13(3)9-11)21-18(26)14(4)27-19-22-23-24-25(19)16-7-5-6-15(20)10-16/h5-10,14H,1-4H3,(H,21,26)/t14-/m0/s1. The molecule has 0 aliphatic rings. The minimum Gasteiger partial charge on any atom is -0.325 e. The monoisotopic (exact) mass is 401 g/mol. The number of rotatable bonds is 5. The maximum Gasteiger partial charge on any atom is 0.237 e. The molecule has 0 aliphatic carbocycles. The zero-order valence-corrected chi connectivity index (χ0v) is 17.1. The molecule has 0 spiro atoms. The molecular formula is C19H20ClN5OS. The van der Waals surface area contributed by atoms with Crippen molar-refractivity contribution in [3.05, 3.63) is 58.1 Å². The van der Waals surface area contributed by atoms with Crippen LogP contribution in [0.5, 0.6) is 0 Å². The predicted octanol–water partition coefficient (Wildman–Crippen LogP) is 4.36. The Morgan fingerprint density at radius 3 is 2.56 bits per heavy atom. The summed E-state index contributed by atoms with van der Waals surface area (Å²) in [6.45, 7) is 7.86. The molecule has 140 valence electrons. The zero-order valence-electron chi connectivity index (χ0n) is 15.5. The molecule has 0 saturated carbocycles. The van der Waals surface area contributed by atoms with Crippen molar-refractivity contribution < 1.29 is 4.79 Å². The predicted molar refractivity (Wildman–Crippen MR) is 109 cm³/mol. The number of tetrazole rings is 1. The topological polar surface area (TPSA) is 72.7 Å². The SMILES string of the molecule is Cc1cc(C)c(NC(=O)[C@H](C)Sc2nnnn2-c2cccc(Cl)c2)c(C)c1. The fourth-order valence-electron chi connectivity index (χ4n) is 2.84. The van der Waals surface area contributed by atoms with E-state index in [1.807, 2.05) is 39.8 Å². The van der Waals surface area contributed by atoms with Crippen LogP contribution >= 0.6 is 23.4 Å². The summed E-state index contributed by atoms with van der Waals surface area (Å²) in [5.74, 6) is -0.101. The first-order valence-corrected chi connectivity index (χ1v) is 9.70. The number of nitrogens with zero attached hydrogens (tertiary/aromatic N) is 4. The lowest BCUT2D eigenvalue weighted by molar-refractivity contribution is -0.115. The Morgan fingerprint density at radius 1 is 1.19 bits per heavy atom. The van der Waals surface area contributed by atoms with Gasteiger partial charge in [0.25, 0.3) is 0 Å². The van der Waals surface area contributed by atoms with Crippen molar-refractivity contribution >= 4 is 35.0 Å². The summed E-state index contributed by atoms with van der Waals surface area (Å²) in [5.41, 5.74) is 4.86. The van der Waals surface area contributed by atoms with Gasteiger partial charge in [-0.05, 0) is 67.4 Å². The second-order valence-corrected chi connectivity index (χ2v) is 8.12. The number of amides is 1. The summed E-state index contributed by atoms with van der Waals surface area (Å²) >= 11 is 7.34. The van der Waals surface area contributed by atoms with Crippen LogP contribution in [0.4, 0.5) is 5.69 Å². The number of nitrogens with one attached hydrogen (secondary N) is 1. The lowest BCUT2D eigenvalue weighted by atomic mass is 10.1. The molecule has 3 rings (SSSR count). The minimum absolute atomic E-state index is 0.101. The van der Waals surface area contributed by atoms with Crippen LogP contribution in [0, 0.1) is 20.8 Å². The highest BCUT2D eigenvalue weighted by molar-refractivity contribution is 8.00. The van der Waals surface area contributed by atoms with Gasteiger partial charge in [-0.3, -0.25) is 4.79 Å². The van der Waals surface area contributed by atoms with Gasteiger partial charge in [0.1, 0.15) is 0 Å². The van der Waals surface area contributed by atoms with Crippen LogP contribution in [0.15, 0.2) is 41.6 Å². The van der Waals surface area contributed by atoms with E-state index in [9.17, 15) is 4.79 Å². The summed E-state index contributed by atoms with van der Waals surface area (Å²) in [6.07, 6.45) is 0. The van der Waals surface area contributed by atoms with Crippen molar-refractivity contribution in [1.29, 1.82) is 0 Å². The highest BCUT2D eigenvalue weighted by atomic mass is 35.5. The first-order chi connectivity index (χ1) is 12.8. The zero-order chi connectivity index (χ0) is 19.6. The van der Waals surface area contributed by atoms with Crippen molar-refractivity contribution in [2.45, 2.75) is 38.1 Å². The normalized spacial score (nSPS) is 12.0. The summed E-state index contributed by atoms with van der Waals surface area (Å²) in [6, 6.07) is 11.3. The summed E-state index contributed by atoms with van der Waals surface area (Å²) < 4.78 is 1.57. The van der Waals surface area contributed by atoms with Crippen LogP contribution in [0.25, 0.3) is 5.69 Å². The number of carbonyl (C=O) groups is 1. The molecule has 3 aromatic rings. The van der Waals surface area contributed by atoms with E-state index in [2.05, 4.69) is 33.0 Å². The van der Waals surface area contributed by atoms with E-state index in [1.54, 1.807) is 16.8 Å². The van der Waals surface area contributed by atoms with E-state index in [0.29, 0.717) is 10.2 Å². The third-order valence-corrected chi connectivity index (χ3v) is 5.34. The molecule has 1 amide bonds. The van der Waals surface area contributed by atoms with E-state index in [0.717, 1.165) is 22.5 Å². The van der Waals surface area contributed by atoms with Gasteiger partial charge in [-0.25, -0.2) is 0 Å². The average Bonchev–Trinajstić information content (AvgIpc) is 3.06. The molecule has 27 heavy (non-hydrogen) atoms. The molecule has 0 saturated heterocycles. The first-order valence-electron chi connectivity index (χ1n) is 8.45. The number of anilines is 1. The van der Waals surface area contributed by atoms with Gasteiger partial charge in [0, 0.05) is 10.7 Å². The van der Waals surface area contributed by atoms with Crippen molar-refractivity contribution in [1.82, 2.24) is 20.2 Å². The van der Waals surface area contributed by atoms with Crippen LogP contribution in [0.3, 0.4) is 0 Å². The van der Waals surface area contributed by atoms with E-state index in [4.69, 9.17) is 11.6 Å². The van der Waals surface area contributed by atoms with Gasteiger partial charge in [-0.1, -0.05) is 47.1 Å². The third-order valence-electron chi connectivity index (χ3n) is 4.07. The molecule has 0 bridgehead atoms. The van der Waals surface area contributed by atoms with Crippen LogP contribution in [0.2, 0.25) is 5.02 Å². The number of benzene rings is 2. The lowest BCUT2D eigenvalue weighted by Crippen LogP contribution is -2.24. The number of aromatic nitrogens is 4. The molecule has 1 aromatic heterocycles. The maximum atomic E-state index is 12.7. The van der Waals surface area contributed by atoms with Crippen molar-refractivity contribution in [2.75, 3.05) is 5.32 Å². The number of hydrogen-bond acceptors (Lipinski definition) is 5. The Kier molecular flexibility index (Phi) is 5.82. The number of thioether (sulfide) groups is 1. The molecule has 1 atom stereocenters. The summed E-state index contributed by atoms with van der Waals surface area (Å²) in [4.78, 5) is 12.7. The van der Waals surface area contributed by atoms with Gasteiger partial charge in [-0.15, -0.1) is 5.10 Å². The van der Waals surface area contributed by atoms with E-state index >= 15 is 0 Å². The van der Waals surface area contributed by atoms with Gasteiger partial charge in [0.15, 0.2) is 0 Å². The molecule has 2 aromatic carbocycles. The van der Waals surface area contributed by atoms with Crippen LogP contribution in [0.1, 0.15) is 23.6 Å². The first kappa shape index (κ1) is 19.4. The van der Waals surface area contributed by atoms with Gasteiger partial charge in [0.05, 0.1) is 10.9 Å². The molecule has 0 unspecified atom stereocenters. The highest BCUT2D eigenvalue weighted by Crippen LogP contribution is 2.27. The highest BCUT2D eigenvalue weighted by Gasteiger charge is 2.20. The van der Waals surface area contributed by atoms with E-state index < -0.39 is 0 Å². The molecular weight excluding hydrogens is 382 g/mol. The largest absolute Gasteiger partial charge is 0.325 e. The van der Waals surface area contributed by atoms with E-state index in [-0.39, 0.29) is 11.2 Å². The Bertz CT molecular complexity index is 965. The van der Waals surface area contributed by atoms with Crippen molar-refractivity contribution in [2.24, 2.45) is 0 Å². The molecule has 0 fully saturated rings. The second-order valence-electron chi connectivity index (χ2n) is 6.38. The number of aryl methyl sites for hydroxylation is 3. The lowest BCUT2D eigenvalue weighted by Gasteiger charge is -2.16. The van der Waals surface area contributed by atoms with Crippen molar-refractivity contribution in [3.8, 4) is 5.69 Å². The molecule has 1 N–H and O–H groups in total. The average molecular weight is 402 g/mol. The quantitative estimate of drug-likeness (QED) is 0.643. The number of halogens is 1. The number of carbonyl (C=O) groups excluding carboxylic acids is 1. The Morgan fingerprint density at radius 2 is 1.89 bits per heavy atom. The van der Waals surface area contributed by atoms with Gasteiger partial charge in [-0.2, -0.15) is 4.68 Å². The molecule has 6 nitrogen and oxygen atoms in total. The molecule has 0 aliphatic heterocycles. The maximum absolute atomic E-state index is 12.7. The Labute approximate surface area is 167 Å². The second kappa shape index (κ2) is 8.10. The van der Waals surface area contributed by atoms with Crippen molar-refractivity contribution in [3.63, 3.8) is 0 Å². The minimum atomic E-state index is -0.381. The molecule has 8 heteroatoms. The van der Waals surface area contributed by atoms with Gasteiger partial charge < -0.3 is 5.32 Å². The fourth-order valence-corrected chi connectivity index (χ4v) is 3.83.